The van der Waals surface area contributed by atoms with Crippen LogP contribution in [-0.2, 0) is 6.42 Å². The number of hydrogen-bond donors (Lipinski definition) is 1. The molecule has 0 aromatic heterocycles. The first-order valence-corrected chi connectivity index (χ1v) is 3.59. The number of halogens is 1. The van der Waals surface area contributed by atoms with E-state index in [1.165, 1.54) is 12.1 Å². The minimum Gasteiger partial charge on any atom is -0.301 e. The van der Waals surface area contributed by atoms with Crippen LogP contribution in [0.15, 0.2) is 18.2 Å². The van der Waals surface area contributed by atoms with Crippen LogP contribution in [-0.4, -0.2) is 11.5 Å². The van der Waals surface area contributed by atoms with Gasteiger partial charge in [0, 0.05) is 12.0 Å². The molecule has 1 aliphatic rings. The van der Waals surface area contributed by atoms with Gasteiger partial charge in [-0.25, -0.2) is 4.39 Å². The Hall–Kier alpha value is -1.51. The Labute approximate surface area is 68.5 Å². The Morgan fingerprint density at radius 3 is 2.92 bits per heavy atom. The quantitative estimate of drug-likeness (QED) is 0.619. The van der Waals surface area contributed by atoms with Crippen LogP contribution in [0.3, 0.4) is 0 Å². The lowest BCUT2D eigenvalue weighted by molar-refractivity contribution is 0.106. The van der Waals surface area contributed by atoms with Crippen LogP contribution < -0.4 is 0 Å². The van der Waals surface area contributed by atoms with Gasteiger partial charge in [-0.3, -0.25) is 4.79 Å². The first-order chi connectivity index (χ1) is 5.68. The summed E-state index contributed by atoms with van der Waals surface area (Å²) in [7, 11) is 0. The van der Waals surface area contributed by atoms with Gasteiger partial charge in [-0.2, -0.15) is 0 Å². The van der Waals surface area contributed by atoms with Crippen molar-refractivity contribution in [3.8, 4) is 0 Å². The molecule has 0 atom stereocenters. The van der Waals surface area contributed by atoms with Crippen LogP contribution in [0, 0.1) is 11.2 Å². The number of fused-ring (bicyclic) bond motifs is 1. The molecule has 1 N–H and O–H groups in total. The smallest absolute Gasteiger partial charge is 0.207 e. The second-order valence-electron chi connectivity index (χ2n) is 2.79. The summed E-state index contributed by atoms with van der Waals surface area (Å²) in [5.74, 6) is -0.763. The Kier molecular flexibility index (Phi) is 1.33. The molecule has 0 bridgehead atoms. The van der Waals surface area contributed by atoms with Gasteiger partial charge in [0.25, 0.3) is 0 Å². The predicted molar refractivity (Wildman–Crippen MR) is 42.2 cm³/mol. The van der Waals surface area contributed by atoms with E-state index in [0.29, 0.717) is 12.0 Å². The molecule has 0 saturated carbocycles. The molecule has 0 amide bonds. The largest absolute Gasteiger partial charge is 0.301 e. The molecule has 1 aromatic carbocycles. The second-order valence-corrected chi connectivity index (χ2v) is 2.79. The van der Waals surface area contributed by atoms with Crippen molar-refractivity contribution in [1.82, 2.24) is 0 Å². The third kappa shape index (κ3) is 0.863. The summed E-state index contributed by atoms with van der Waals surface area (Å²) in [6.45, 7) is 0. The first kappa shape index (κ1) is 7.16. The SMILES string of the molecule is N=C1Cc2ccc(F)cc2C1=O. The Morgan fingerprint density at radius 1 is 1.42 bits per heavy atom. The van der Waals surface area contributed by atoms with Gasteiger partial charge in [0.05, 0.1) is 5.71 Å². The van der Waals surface area contributed by atoms with Crippen LogP contribution >= 0.6 is 0 Å². The summed E-state index contributed by atoms with van der Waals surface area (Å²) in [6, 6.07) is 4.06. The first-order valence-electron chi connectivity index (χ1n) is 3.59. The number of hydrogen-bond acceptors (Lipinski definition) is 2. The minimum atomic E-state index is -0.420. The number of benzene rings is 1. The van der Waals surface area contributed by atoms with E-state index in [4.69, 9.17) is 5.41 Å². The molecule has 0 radical (unpaired) electrons. The monoisotopic (exact) mass is 163 g/mol. The van der Waals surface area contributed by atoms with Crippen molar-refractivity contribution >= 4 is 11.5 Å². The van der Waals surface area contributed by atoms with Gasteiger partial charge in [0.1, 0.15) is 5.82 Å². The van der Waals surface area contributed by atoms with Crippen molar-refractivity contribution in [2.24, 2.45) is 0 Å². The second kappa shape index (κ2) is 2.24. The molecule has 1 aliphatic carbocycles. The van der Waals surface area contributed by atoms with E-state index in [0.717, 1.165) is 5.56 Å². The zero-order chi connectivity index (χ0) is 8.72. The Balaban J connectivity index is 2.63. The number of carbonyl (C=O) groups is 1. The average Bonchev–Trinajstić information content (AvgIpc) is 2.31. The molecule has 12 heavy (non-hydrogen) atoms. The molecule has 2 nitrogen and oxygen atoms in total. The minimum absolute atomic E-state index is 0.0515. The Bertz CT molecular complexity index is 384. The molecule has 0 unspecified atom stereocenters. The number of ketones is 1. The van der Waals surface area contributed by atoms with E-state index in [-0.39, 0.29) is 11.5 Å². The molecular weight excluding hydrogens is 157 g/mol. The zero-order valence-corrected chi connectivity index (χ0v) is 6.23. The summed E-state index contributed by atoms with van der Waals surface area (Å²) in [5.41, 5.74) is 1.15. The standard InChI is InChI=1S/C9H6FNO/c10-6-2-1-5-3-8(11)9(12)7(5)4-6/h1-2,4,11H,3H2. The predicted octanol–water partition coefficient (Wildman–Crippen LogP) is 1.58. The normalized spacial score (nSPS) is 15.1. The average molecular weight is 163 g/mol. The van der Waals surface area contributed by atoms with Crippen molar-refractivity contribution in [3.05, 3.63) is 35.1 Å². The summed E-state index contributed by atoms with van der Waals surface area (Å²) in [5, 5.41) is 7.24. The highest BCUT2D eigenvalue weighted by atomic mass is 19.1. The number of Topliss-reactive ketones (excluding diaryl/α,β-unsaturated/α-hetero) is 1. The van der Waals surface area contributed by atoms with E-state index in [2.05, 4.69) is 0 Å². The van der Waals surface area contributed by atoms with Crippen LogP contribution in [0.25, 0.3) is 0 Å². The fraction of sp³-hybridized carbons (Fsp3) is 0.111. The summed E-state index contributed by atoms with van der Waals surface area (Å²) >= 11 is 0. The Morgan fingerprint density at radius 2 is 2.17 bits per heavy atom. The maximum absolute atomic E-state index is 12.6. The molecular formula is C9H6FNO. The van der Waals surface area contributed by atoms with Crippen LogP contribution in [0.2, 0.25) is 0 Å². The van der Waals surface area contributed by atoms with Crippen molar-refractivity contribution in [3.63, 3.8) is 0 Å². The van der Waals surface area contributed by atoms with Gasteiger partial charge in [-0.1, -0.05) is 6.07 Å². The van der Waals surface area contributed by atoms with Gasteiger partial charge < -0.3 is 5.41 Å². The van der Waals surface area contributed by atoms with Gasteiger partial charge in [0.2, 0.25) is 5.78 Å². The van der Waals surface area contributed by atoms with E-state index < -0.39 is 5.82 Å². The molecule has 2 rings (SSSR count). The molecule has 0 saturated heterocycles. The fourth-order valence-electron chi connectivity index (χ4n) is 1.35. The number of nitrogens with one attached hydrogen (secondary N) is 1. The van der Waals surface area contributed by atoms with Crippen molar-refractivity contribution < 1.29 is 9.18 Å². The molecule has 0 heterocycles. The van der Waals surface area contributed by atoms with Crippen molar-refractivity contribution in [1.29, 1.82) is 5.41 Å². The maximum Gasteiger partial charge on any atom is 0.207 e. The van der Waals surface area contributed by atoms with Crippen molar-refractivity contribution in [2.45, 2.75) is 6.42 Å². The third-order valence-electron chi connectivity index (χ3n) is 1.96. The fourth-order valence-corrected chi connectivity index (χ4v) is 1.35. The molecule has 0 spiro atoms. The van der Waals surface area contributed by atoms with Crippen LogP contribution in [0.1, 0.15) is 15.9 Å². The van der Waals surface area contributed by atoms with Crippen molar-refractivity contribution in [2.75, 3.05) is 0 Å². The lowest BCUT2D eigenvalue weighted by Gasteiger charge is -1.94. The highest BCUT2D eigenvalue weighted by molar-refractivity contribution is 6.48. The van der Waals surface area contributed by atoms with Gasteiger partial charge in [-0.05, 0) is 17.7 Å². The number of rotatable bonds is 0. The van der Waals surface area contributed by atoms with Gasteiger partial charge in [-0.15, -0.1) is 0 Å². The molecule has 1 aromatic rings. The molecule has 60 valence electrons. The van der Waals surface area contributed by atoms with E-state index in [1.54, 1.807) is 6.07 Å². The summed E-state index contributed by atoms with van der Waals surface area (Å²) < 4.78 is 12.6. The number of carbonyl (C=O) groups excluding carboxylic acids is 1. The van der Waals surface area contributed by atoms with Crippen LogP contribution in [0.5, 0.6) is 0 Å². The zero-order valence-electron chi connectivity index (χ0n) is 6.23. The molecule has 3 heteroatoms. The maximum atomic E-state index is 12.6. The van der Waals surface area contributed by atoms with E-state index in [1.807, 2.05) is 0 Å². The van der Waals surface area contributed by atoms with Gasteiger partial charge >= 0.3 is 0 Å². The lowest BCUT2D eigenvalue weighted by atomic mass is 10.1. The summed E-state index contributed by atoms with van der Waals surface area (Å²) in [6.07, 6.45) is 0.342. The van der Waals surface area contributed by atoms with E-state index >= 15 is 0 Å². The third-order valence-corrected chi connectivity index (χ3v) is 1.96. The topological polar surface area (TPSA) is 40.9 Å². The highest BCUT2D eigenvalue weighted by Gasteiger charge is 2.24. The highest BCUT2D eigenvalue weighted by Crippen LogP contribution is 2.20. The lowest BCUT2D eigenvalue weighted by Crippen LogP contribution is -2.04. The summed E-state index contributed by atoms with van der Waals surface area (Å²) in [4.78, 5) is 11.2. The van der Waals surface area contributed by atoms with Crippen LogP contribution in [0.4, 0.5) is 4.39 Å². The molecule has 0 aliphatic heterocycles. The van der Waals surface area contributed by atoms with Gasteiger partial charge in [0.15, 0.2) is 0 Å². The van der Waals surface area contributed by atoms with E-state index in [9.17, 15) is 9.18 Å². The molecule has 0 fully saturated rings.